The van der Waals surface area contributed by atoms with Gasteiger partial charge >= 0.3 is 29.6 Å². The minimum Gasteiger partial charge on any atom is -0.544 e. The molecule has 0 amide bonds. The summed E-state index contributed by atoms with van der Waals surface area (Å²) in [6, 6.07) is 3.42. The third-order valence-electron chi connectivity index (χ3n) is 2.85. The molecule has 0 radical (unpaired) electrons. The van der Waals surface area contributed by atoms with Crippen molar-refractivity contribution >= 4 is 22.3 Å². The average Bonchev–Trinajstić information content (AvgIpc) is 2.97. The molecule has 0 aliphatic carbocycles. The summed E-state index contributed by atoms with van der Waals surface area (Å²) in [6.07, 6.45) is 3.76. The second kappa shape index (κ2) is 5.44. The minimum atomic E-state index is -1.11. The molecule has 0 N–H and O–H groups in total. The van der Waals surface area contributed by atoms with E-state index in [0.717, 1.165) is 30.5 Å². The molecule has 5 nitrogen and oxygen atoms in total. The van der Waals surface area contributed by atoms with Gasteiger partial charge < -0.3 is 19.4 Å². The number of nitrogens with zero attached hydrogens (tertiary/aromatic N) is 3. The zero-order valence-electron chi connectivity index (χ0n) is 10.00. The van der Waals surface area contributed by atoms with E-state index in [1.165, 1.54) is 11.3 Å². The number of imidazole rings is 1. The van der Waals surface area contributed by atoms with E-state index in [9.17, 15) is 9.90 Å². The van der Waals surface area contributed by atoms with Crippen molar-refractivity contribution < 1.29 is 39.5 Å². The second-order valence-corrected chi connectivity index (χ2v) is 4.95. The number of hydrogen-bond acceptors (Lipinski definition) is 5. The Morgan fingerprint density at radius 2 is 2.22 bits per heavy atom. The number of rotatable bonds is 2. The minimum absolute atomic E-state index is 0. The topological polar surface area (TPSA) is 61.2 Å². The molecule has 0 saturated carbocycles. The van der Waals surface area contributed by atoms with E-state index in [1.54, 1.807) is 12.3 Å². The van der Waals surface area contributed by atoms with Crippen molar-refractivity contribution in [1.82, 2.24) is 9.55 Å². The molecule has 2 aromatic rings. The van der Waals surface area contributed by atoms with Gasteiger partial charge in [0.15, 0.2) is 0 Å². The predicted octanol–water partition coefficient (Wildman–Crippen LogP) is -2.67. The van der Waals surface area contributed by atoms with Crippen LogP contribution in [0.25, 0.3) is 0 Å². The van der Waals surface area contributed by atoms with Gasteiger partial charge in [0.25, 0.3) is 0 Å². The number of hydrogen-bond donors (Lipinski definition) is 0. The molecule has 0 aromatic carbocycles. The zero-order valence-corrected chi connectivity index (χ0v) is 12.8. The van der Waals surface area contributed by atoms with Crippen molar-refractivity contribution in [3.63, 3.8) is 0 Å². The van der Waals surface area contributed by atoms with E-state index in [-0.39, 0.29) is 34.4 Å². The molecular formula is C11H10N3NaO2S. The molecule has 7 heteroatoms. The van der Waals surface area contributed by atoms with Gasteiger partial charge in [-0.15, -0.1) is 11.3 Å². The van der Waals surface area contributed by atoms with Gasteiger partial charge in [0.2, 0.25) is 0 Å². The Morgan fingerprint density at radius 3 is 2.94 bits per heavy atom. The smallest absolute Gasteiger partial charge is 0.544 e. The number of carboxylic acids is 1. The van der Waals surface area contributed by atoms with Crippen LogP contribution in [0.15, 0.2) is 24.5 Å². The molecule has 88 valence electrons. The van der Waals surface area contributed by atoms with Gasteiger partial charge in [-0.3, -0.25) is 0 Å². The molecule has 0 atom stereocenters. The van der Waals surface area contributed by atoms with E-state index >= 15 is 0 Å². The van der Waals surface area contributed by atoms with Crippen LogP contribution in [0, 0.1) is 0 Å². The molecule has 18 heavy (non-hydrogen) atoms. The van der Waals surface area contributed by atoms with E-state index < -0.39 is 5.97 Å². The van der Waals surface area contributed by atoms with Crippen LogP contribution >= 0.6 is 11.3 Å². The predicted molar refractivity (Wildman–Crippen MR) is 61.9 cm³/mol. The maximum absolute atomic E-state index is 10.7. The van der Waals surface area contributed by atoms with Crippen molar-refractivity contribution in [3.05, 3.63) is 35.2 Å². The number of thiophene rings is 1. The number of carbonyl (C=O) groups excluding carboxylic acids is 1. The Bertz CT molecular complexity index is 566. The van der Waals surface area contributed by atoms with Crippen LogP contribution in [0.5, 0.6) is 0 Å². The van der Waals surface area contributed by atoms with Crippen LogP contribution in [0.1, 0.15) is 15.5 Å². The van der Waals surface area contributed by atoms with Crippen LogP contribution in [0.3, 0.4) is 0 Å². The summed E-state index contributed by atoms with van der Waals surface area (Å²) in [6.45, 7) is 2.48. The van der Waals surface area contributed by atoms with Gasteiger partial charge in [0, 0.05) is 25.5 Å². The maximum Gasteiger partial charge on any atom is 1.00 e. The number of aromatic carboxylic acids is 1. The van der Waals surface area contributed by atoms with Crippen molar-refractivity contribution in [3.8, 4) is 0 Å². The third-order valence-corrected chi connectivity index (χ3v) is 3.98. The molecule has 1 aliphatic rings. The van der Waals surface area contributed by atoms with Crippen molar-refractivity contribution in [1.29, 1.82) is 0 Å². The Balaban J connectivity index is 0.00000120. The molecule has 0 unspecified atom stereocenters. The van der Waals surface area contributed by atoms with Crippen molar-refractivity contribution in [2.24, 2.45) is 0 Å². The number of aromatic nitrogens is 2. The largest absolute Gasteiger partial charge is 1.00 e. The standard InChI is InChI=1S/C11H11N3O2S.Na/c15-11(16)8-1-2-10(17-8)14-6-5-13-4-3-12-9(13)7-14;/h1-4H,5-7H2,(H,15,16);/q;+1/p-1. The van der Waals surface area contributed by atoms with Crippen LogP contribution in [0.2, 0.25) is 0 Å². The van der Waals surface area contributed by atoms with Crippen LogP contribution < -0.4 is 39.6 Å². The zero-order chi connectivity index (χ0) is 11.8. The molecule has 0 spiro atoms. The fraction of sp³-hybridized carbons (Fsp3) is 0.273. The SMILES string of the molecule is O=C([O-])c1ccc(N2CCn3ccnc3C2)s1.[Na+]. The Kier molecular flexibility index (Phi) is 4.11. The molecular weight excluding hydrogens is 261 g/mol. The molecule has 0 fully saturated rings. The fourth-order valence-corrected chi connectivity index (χ4v) is 2.83. The Morgan fingerprint density at radius 1 is 1.39 bits per heavy atom. The first-order chi connectivity index (χ1) is 8.24. The first-order valence-corrected chi connectivity index (χ1v) is 6.12. The monoisotopic (exact) mass is 271 g/mol. The van der Waals surface area contributed by atoms with E-state index in [2.05, 4.69) is 14.5 Å². The molecule has 3 rings (SSSR count). The molecule has 0 saturated heterocycles. The average molecular weight is 271 g/mol. The first kappa shape index (κ1) is 13.6. The number of carbonyl (C=O) groups is 1. The summed E-state index contributed by atoms with van der Waals surface area (Å²) in [7, 11) is 0. The Labute approximate surface area is 130 Å². The van der Waals surface area contributed by atoms with Gasteiger partial charge in [-0.1, -0.05) is 0 Å². The Hall–Kier alpha value is -0.820. The quantitative estimate of drug-likeness (QED) is 0.559. The van der Waals surface area contributed by atoms with Crippen molar-refractivity contribution in [2.45, 2.75) is 13.1 Å². The summed E-state index contributed by atoms with van der Waals surface area (Å²) in [4.78, 5) is 17.4. The first-order valence-electron chi connectivity index (χ1n) is 5.30. The van der Waals surface area contributed by atoms with Gasteiger partial charge in [0.05, 0.1) is 22.4 Å². The molecule has 0 bridgehead atoms. The normalized spacial score (nSPS) is 13.9. The second-order valence-electron chi connectivity index (χ2n) is 3.88. The van der Waals surface area contributed by atoms with Crippen LogP contribution in [-0.2, 0) is 13.1 Å². The molecule has 1 aliphatic heterocycles. The summed E-state index contributed by atoms with van der Waals surface area (Å²) >= 11 is 1.25. The summed E-state index contributed by atoms with van der Waals surface area (Å²) < 4.78 is 2.11. The summed E-state index contributed by atoms with van der Waals surface area (Å²) in [5, 5.41) is 11.7. The van der Waals surface area contributed by atoms with Gasteiger partial charge in [-0.2, -0.15) is 0 Å². The van der Waals surface area contributed by atoms with E-state index in [4.69, 9.17) is 0 Å². The number of anilines is 1. The maximum atomic E-state index is 10.7. The molecule has 3 heterocycles. The third kappa shape index (κ3) is 2.47. The molecule has 2 aromatic heterocycles. The van der Waals surface area contributed by atoms with E-state index in [0.29, 0.717) is 0 Å². The van der Waals surface area contributed by atoms with Crippen LogP contribution in [-0.4, -0.2) is 22.1 Å². The van der Waals surface area contributed by atoms with Gasteiger partial charge in [0.1, 0.15) is 5.82 Å². The summed E-state index contributed by atoms with van der Waals surface area (Å²) in [5.41, 5.74) is 0. The number of fused-ring (bicyclic) bond motifs is 1. The van der Waals surface area contributed by atoms with Crippen LogP contribution in [0.4, 0.5) is 5.00 Å². The van der Waals surface area contributed by atoms with E-state index in [1.807, 2.05) is 12.3 Å². The van der Waals surface area contributed by atoms with Gasteiger partial charge in [-0.05, 0) is 12.1 Å². The summed E-state index contributed by atoms with van der Waals surface area (Å²) in [5.74, 6) is -0.0978. The van der Waals surface area contributed by atoms with Gasteiger partial charge in [-0.25, -0.2) is 4.98 Å². The van der Waals surface area contributed by atoms with Crippen molar-refractivity contribution in [2.75, 3.05) is 11.4 Å². The number of carboxylic acid groups (broad SMARTS) is 1. The fourth-order valence-electron chi connectivity index (χ4n) is 1.97.